The third-order valence-corrected chi connectivity index (χ3v) is 6.79. The van der Waals surface area contributed by atoms with Gasteiger partial charge in [0.15, 0.2) is 11.6 Å². The summed E-state index contributed by atoms with van der Waals surface area (Å²) in [5.41, 5.74) is 1.91. The highest BCUT2D eigenvalue weighted by Gasteiger charge is 2.46. The summed E-state index contributed by atoms with van der Waals surface area (Å²) in [7, 11) is 0. The van der Waals surface area contributed by atoms with Gasteiger partial charge in [-0.25, -0.2) is 4.39 Å². The number of carbonyl (C=O) groups is 2. The molecule has 2 saturated heterocycles. The van der Waals surface area contributed by atoms with Crippen molar-refractivity contribution in [1.82, 2.24) is 9.80 Å². The van der Waals surface area contributed by atoms with Crippen LogP contribution in [0.25, 0.3) is 5.76 Å². The van der Waals surface area contributed by atoms with Crippen molar-refractivity contribution in [2.45, 2.75) is 45.8 Å². The minimum absolute atomic E-state index is 0.0406. The maximum atomic E-state index is 14.7. The van der Waals surface area contributed by atoms with Gasteiger partial charge in [0.1, 0.15) is 5.76 Å². The summed E-state index contributed by atoms with van der Waals surface area (Å²) in [6, 6.07) is 11.0. The van der Waals surface area contributed by atoms with Crippen LogP contribution in [0.2, 0.25) is 0 Å². The van der Waals surface area contributed by atoms with Crippen LogP contribution in [0.3, 0.4) is 0 Å². The van der Waals surface area contributed by atoms with Crippen LogP contribution in [0, 0.1) is 5.82 Å². The SMILES string of the molecule is CC(C)Oc1ccc(/C(O)=C2\C(=O)C(=O)N(CCN3CCOCC3)[C@H]2c2ccc(C(C)C)cc2)cc1F. The highest BCUT2D eigenvalue weighted by molar-refractivity contribution is 6.46. The molecular formula is C29H35FN2O5. The predicted molar refractivity (Wildman–Crippen MR) is 139 cm³/mol. The number of likely N-dealkylation sites (tertiary alicyclic amines) is 1. The van der Waals surface area contributed by atoms with Crippen molar-refractivity contribution in [2.24, 2.45) is 0 Å². The summed E-state index contributed by atoms with van der Waals surface area (Å²) < 4.78 is 25.6. The van der Waals surface area contributed by atoms with Gasteiger partial charge in [-0.1, -0.05) is 38.1 Å². The minimum atomic E-state index is -0.781. The number of nitrogens with zero attached hydrogens (tertiary/aromatic N) is 2. The van der Waals surface area contributed by atoms with Crippen LogP contribution in [0.5, 0.6) is 5.75 Å². The Morgan fingerprint density at radius 1 is 1.05 bits per heavy atom. The van der Waals surface area contributed by atoms with Gasteiger partial charge in [0.25, 0.3) is 11.7 Å². The molecule has 2 heterocycles. The van der Waals surface area contributed by atoms with Gasteiger partial charge in [0.2, 0.25) is 0 Å². The van der Waals surface area contributed by atoms with Crippen LogP contribution in [0.15, 0.2) is 48.0 Å². The molecule has 37 heavy (non-hydrogen) atoms. The summed E-state index contributed by atoms with van der Waals surface area (Å²) in [5.74, 6) is -2.14. The Morgan fingerprint density at radius 3 is 2.32 bits per heavy atom. The van der Waals surface area contributed by atoms with E-state index in [4.69, 9.17) is 9.47 Å². The quantitative estimate of drug-likeness (QED) is 0.320. The molecule has 2 aromatic carbocycles. The van der Waals surface area contributed by atoms with Crippen LogP contribution in [-0.2, 0) is 14.3 Å². The smallest absolute Gasteiger partial charge is 0.295 e. The molecule has 2 fully saturated rings. The molecule has 1 amide bonds. The van der Waals surface area contributed by atoms with Crippen molar-refractivity contribution in [3.63, 3.8) is 0 Å². The van der Waals surface area contributed by atoms with E-state index in [9.17, 15) is 19.1 Å². The Morgan fingerprint density at radius 2 is 1.73 bits per heavy atom. The summed E-state index contributed by atoms with van der Waals surface area (Å²) in [6.07, 6.45) is -0.223. The lowest BCUT2D eigenvalue weighted by Gasteiger charge is -2.31. The van der Waals surface area contributed by atoms with Crippen LogP contribution < -0.4 is 4.74 Å². The van der Waals surface area contributed by atoms with Gasteiger partial charge in [-0.2, -0.15) is 0 Å². The normalized spacial score (nSPS) is 20.3. The fraction of sp³-hybridized carbons (Fsp3) is 0.448. The van der Waals surface area contributed by atoms with E-state index in [2.05, 4.69) is 18.7 Å². The van der Waals surface area contributed by atoms with Crippen molar-refractivity contribution in [3.8, 4) is 5.75 Å². The molecule has 2 aliphatic rings. The van der Waals surface area contributed by atoms with Crippen LogP contribution in [0.4, 0.5) is 4.39 Å². The Hall–Kier alpha value is -3.23. The standard InChI is InChI=1S/C29H35FN2O5/c1-18(2)20-5-7-21(8-6-20)26-25(27(33)22-9-10-24(23(30)17-22)37-19(3)4)28(34)29(35)32(26)12-11-31-13-15-36-16-14-31/h5-10,17-19,26,33H,11-16H2,1-4H3/b27-25+/t26-/m0/s1. The lowest BCUT2D eigenvalue weighted by Crippen LogP contribution is -2.42. The number of halogens is 1. The first-order chi connectivity index (χ1) is 17.7. The number of hydrogen-bond donors (Lipinski definition) is 1. The monoisotopic (exact) mass is 510 g/mol. The van der Waals surface area contributed by atoms with E-state index in [1.54, 1.807) is 13.8 Å². The fourth-order valence-corrected chi connectivity index (χ4v) is 4.75. The highest BCUT2D eigenvalue weighted by atomic mass is 19.1. The number of Topliss-reactive ketones (excluding diaryl/α,β-unsaturated/α-hetero) is 1. The first kappa shape index (κ1) is 26.8. The first-order valence-corrected chi connectivity index (χ1v) is 12.8. The van der Waals surface area contributed by atoms with E-state index in [-0.39, 0.29) is 23.0 Å². The lowest BCUT2D eigenvalue weighted by atomic mass is 9.93. The zero-order chi connectivity index (χ0) is 26.7. The number of morpholine rings is 1. The van der Waals surface area contributed by atoms with Gasteiger partial charge >= 0.3 is 0 Å². The second-order valence-corrected chi connectivity index (χ2v) is 10.1. The van der Waals surface area contributed by atoms with Crippen molar-refractivity contribution in [3.05, 3.63) is 70.5 Å². The summed E-state index contributed by atoms with van der Waals surface area (Å²) >= 11 is 0. The van der Waals surface area contributed by atoms with Gasteiger partial charge in [-0.05, 0) is 49.1 Å². The highest BCUT2D eigenvalue weighted by Crippen LogP contribution is 2.40. The molecule has 8 heteroatoms. The number of ether oxygens (including phenoxy) is 2. The number of carbonyl (C=O) groups excluding carboxylic acids is 2. The molecular weight excluding hydrogens is 475 g/mol. The summed E-state index contributed by atoms with van der Waals surface area (Å²) in [5, 5.41) is 11.3. The zero-order valence-electron chi connectivity index (χ0n) is 21.9. The maximum absolute atomic E-state index is 14.7. The third-order valence-electron chi connectivity index (χ3n) is 6.79. The molecule has 0 saturated carbocycles. The molecule has 2 aromatic rings. The molecule has 1 atom stereocenters. The van der Waals surface area contributed by atoms with Crippen molar-refractivity contribution in [2.75, 3.05) is 39.4 Å². The predicted octanol–water partition coefficient (Wildman–Crippen LogP) is 4.49. The Bertz CT molecular complexity index is 1170. The third kappa shape index (κ3) is 5.86. The number of aliphatic hydroxyl groups is 1. The molecule has 0 unspecified atom stereocenters. The van der Waals surface area contributed by atoms with Crippen LogP contribution >= 0.6 is 0 Å². The van der Waals surface area contributed by atoms with E-state index < -0.39 is 29.3 Å². The molecule has 0 aliphatic carbocycles. The van der Waals surface area contributed by atoms with Gasteiger partial charge in [0.05, 0.1) is 30.9 Å². The Balaban J connectivity index is 1.73. The largest absolute Gasteiger partial charge is 0.507 e. The molecule has 7 nitrogen and oxygen atoms in total. The molecule has 0 aromatic heterocycles. The average Bonchev–Trinajstić information content (AvgIpc) is 3.13. The zero-order valence-corrected chi connectivity index (χ0v) is 21.9. The fourth-order valence-electron chi connectivity index (χ4n) is 4.75. The number of ketones is 1. The van der Waals surface area contributed by atoms with Gasteiger partial charge in [-0.15, -0.1) is 0 Å². The number of hydrogen-bond acceptors (Lipinski definition) is 6. The summed E-state index contributed by atoms with van der Waals surface area (Å²) in [4.78, 5) is 30.2. The number of aliphatic hydroxyl groups excluding tert-OH is 1. The number of benzene rings is 2. The molecule has 0 bridgehead atoms. The van der Waals surface area contributed by atoms with Crippen molar-refractivity contribution >= 4 is 17.4 Å². The van der Waals surface area contributed by atoms with Crippen LogP contribution in [-0.4, -0.2) is 72.1 Å². The van der Waals surface area contributed by atoms with E-state index in [0.29, 0.717) is 37.8 Å². The number of amides is 1. The molecule has 198 valence electrons. The average molecular weight is 511 g/mol. The summed E-state index contributed by atoms with van der Waals surface area (Å²) in [6.45, 7) is 11.4. The Labute approximate surface area is 217 Å². The molecule has 2 aliphatic heterocycles. The van der Waals surface area contributed by atoms with Gasteiger partial charge in [0, 0.05) is 31.7 Å². The van der Waals surface area contributed by atoms with E-state index in [1.807, 2.05) is 24.3 Å². The van der Waals surface area contributed by atoms with Crippen molar-refractivity contribution in [1.29, 1.82) is 0 Å². The molecule has 0 spiro atoms. The lowest BCUT2D eigenvalue weighted by molar-refractivity contribution is -0.140. The second-order valence-electron chi connectivity index (χ2n) is 10.1. The van der Waals surface area contributed by atoms with Gasteiger partial charge in [-0.3, -0.25) is 14.5 Å². The molecule has 0 radical (unpaired) electrons. The van der Waals surface area contributed by atoms with E-state index >= 15 is 0 Å². The van der Waals surface area contributed by atoms with E-state index in [0.717, 1.165) is 24.7 Å². The van der Waals surface area contributed by atoms with Gasteiger partial charge < -0.3 is 19.5 Å². The van der Waals surface area contributed by atoms with Crippen LogP contribution in [0.1, 0.15) is 56.3 Å². The molecule has 1 N–H and O–H groups in total. The second kappa shape index (κ2) is 11.4. The maximum Gasteiger partial charge on any atom is 0.295 e. The van der Waals surface area contributed by atoms with Crippen molar-refractivity contribution < 1.29 is 28.6 Å². The van der Waals surface area contributed by atoms with E-state index in [1.165, 1.54) is 17.0 Å². The Kier molecular flexibility index (Phi) is 8.29. The first-order valence-electron chi connectivity index (χ1n) is 12.8. The molecule has 4 rings (SSSR count). The minimum Gasteiger partial charge on any atom is -0.507 e. The topological polar surface area (TPSA) is 79.3 Å². The number of rotatable bonds is 8.